The van der Waals surface area contributed by atoms with Gasteiger partial charge in [-0.15, -0.1) is 0 Å². The van der Waals surface area contributed by atoms with Crippen molar-refractivity contribution in [3.05, 3.63) is 64.1 Å². The third-order valence-corrected chi connectivity index (χ3v) is 8.82. The number of carbonyl (C=O) groups is 2. The number of aliphatic carboxylic acids is 1. The zero-order valence-corrected chi connectivity index (χ0v) is 23.8. The van der Waals surface area contributed by atoms with Crippen molar-refractivity contribution in [2.45, 2.75) is 77.5 Å². The Balaban J connectivity index is 1.79. The highest BCUT2D eigenvalue weighted by Gasteiger charge is 2.58. The van der Waals surface area contributed by atoms with Crippen molar-refractivity contribution in [3.63, 3.8) is 0 Å². The van der Waals surface area contributed by atoms with Crippen LogP contribution in [0.25, 0.3) is 0 Å². The number of amides is 1. The minimum atomic E-state index is -0.933. The molecule has 4 rings (SSSR count). The number of halogens is 1. The molecule has 0 aromatic heterocycles. The lowest BCUT2D eigenvalue weighted by Gasteiger charge is -2.36. The van der Waals surface area contributed by atoms with Gasteiger partial charge >= 0.3 is 5.97 Å². The number of carboxylic acids is 1. The highest BCUT2D eigenvalue weighted by molar-refractivity contribution is 9.10. The minimum Gasteiger partial charge on any atom is -0.497 e. The lowest BCUT2D eigenvalue weighted by molar-refractivity contribution is -0.154. The van der Waals surface area contributed by atoms with Crippen molar-refractivity contribution in [2.24, 2.45) is 17.3 Å². The lowest BCUT2D eigenvalue weighted by Crippen LogP contribution is -2.49. The molecular weight excluding hydrogens is 532 g/mol. The molecule has 4 atom stereocenters. The van der Waals surface area contributed by atoms with Gasteiger partial charge in [-0.25, -0.2) is 4.79 Å². The van der Waals surface area contributed by atoms with Crippen LogP contribution in [0.3, 0.4) is 0 Å². The van der Waals surface area contributed by atoms with Crippen molar-refractivity contribution >= 4 is 27.8 Å². The van der Waals surface area contributed by atoms with E-state index in [0.717, 1.165) is 53.5 Å². The summed E-state index contributed by atoms with van der Waals surface area (Å²) in [6, 6.07) is 14.2. The fourth-order valence-electron chi connectivity index (χ4n) is 6.33. The van der Waals surface area contributed by atoms with E-state index in [4.69, 9.17) is 4.74 Å². The summed E-state index contributed by atoms with van der Waals surface area (Å²) in [6.45, 7) is 6.76. The molecule has 1 amide bonds. The molecular formula is C30H39BrN2O4. The highest BCUT2D eigenvalue weighted by atomic mass is 79.9. The molecule has 6 nitrogen and oxygen atoms in total. The van der Waals surface area contributed by atoms with Crippen molar-refractivity contribution in [3.8, 4) is 5.75 Å². The summed E-state index contributed by atoms with van der Waals surface area (Å²) in [4.78, 5) is 28.8. The van der Waals surface area contributed by atoms with E-state index in [1.54, 1.807) is 12.0 Å². The molecule has 37 heavy (non-hydrogen) atoms. The zero-order valence-electron chi connectivity index (χ0n) is 22.2. The van der Waals surface area contributed by atoms with E-state index >= 15 is 0 Å². The maximum absolute atomic E-state index is 14.1. The molecule has 7 heteroatoms. The number of hydrogen-bond acceptors (Lipinski definition) is 4. The van der Waals surface area contributed by atoms with Crippen molar-refractivity contribution < 1.29 is 19.4 Å². The maximum atomic E-state index is 14.1. The summed E-state index contributed by atoms with van der Waals surface area (Å²) in [5.74, 6) is -0.601. The Morgan fingerprint density at radius 3 is 2.35 bits per heavy atom. The standard InChI is InChI=1S/C30H39BrN2O4/c1-30(2,3)24-25(32-18-21-17-22(37-4)15-16-23(21)31)26(19-11-7-5-8-12-19)33(27(24)29(35)36)28(34)20-13-9-6-10-14-20/h5,7-8,11-12,15-17,20,24-27,32H,6,9-10,13-14,18H2,1-4H3,(H,35,36)/t24-,25-,26-,27-/m0/s1. The molecule has 200 valence electrons. The van der Waals surface area contributed by atoms with Crippen molar-refractivity contribution in [1.82, 2.24) is 10.2 Å². The van der Waals surface area contributed by atoms with E-state index in [2.05, 4.69) is 42.0 Å². The first kappa shape index (κ1) is 27.6. The van der Waals surface area contributed by atoms with Crippen LogP contribution in [0.2, 0.25) is 0 Å². The van der Waals surface area contributed by atoms with Gasteiger partial charge in [0.15, 0.2) is 0 Å². The third-order valence-electron chi connectivity index (χ3n) is 8.05. The molecule has 2 aromatic rings. The van der Waals surface area contributed by atoms with Crippen LogP contribution in [0.1, 0.15) is 70.0 Å². The fourth-order valence-corrected chi connectivity index (χ4v) is 6.72. The fraction of sp³-hybridized carbons (Fsp3) is 0.533. The average molecular weight is 572 g/mol. The molecule has 2 aliphatic rings. The molecule has 1 heterocycles. The van der Waals surface area contributed by atoms with Crippen LogP contribution in [-0.2, 0) is 16.1 Å². The maximum Gasteiger partial charge on any atom is 0.326 e. The summed E-state index contributed by atoms with van der Waals surface area (Å²) < 4.78 is 6.38. The van der Waals surface area contributed by atoms with Crippen LogP contribution in [0, 0.1) is 17.3 Å². The Labute approximate surface area is 228 Å². The van der Waals surface area contributed by atoms with Gasteiger partial charge in [-0.1, -0.05) is 86.3 Å². The Morgan fingerprint density at radius 1 is 1.08 bits per heavy atom. The summed E-state index contributed by atoms with van der Waals surface area (Å²) in [5, 5.41) is 14.3. The van der Waals surface area contributed by atoms with Crippen molar-refractivity contribution in [2.75, 3.05) is 7.11 Å². The number of nitrogens with one attached hydrogen (secondary N) is 1. The average Bonchev–Trinajstić information content (AvgIpc) is 3.25. The number of rotatable bonds is 7. The normalized spacial score (nSPS) is 24.7. The third kappa shape index (κ3) is 5.88. The Bertz CT molecular complexity index is 1090. The molecule has 2 N–H and O–H groups in total. The quantitative estimate of drug-likeness (QED) is 0.414. The predicted molar refractivity (Wildman–Crippen MR) is 148 cm³/mol. The Hall–Kier alpha value is -2.38. The second-order valence-corrected chi connectivity index (χ2v) is 12.3. The van der Waals surface area contributed by atoms with E-state index in [9.17, 15) is 14.7 Å². The number of benzene rings is 2. The molecule has 2 fully saturated rings. The second kappa shape index (κ2) is 11.6. The SMILES string of the molecule is COc1ccc(Br)c(CN[C@H]2[C@H](C(C)(C)C)[C@@H](C(=O)O)N(C(=O)C3CCCCC3)[C@H]2c2ccccc2)c1. The number of likely N-dealkylation sites (tertiary alicyclic amines) is 1. The van der Waals surface area contributed by atoms with Gasteiger partial charge in [0.05, 0.1) is 13.2 Å². The highest BCUT2D eigenvalue weighted by Crippen LogP contribution is 2.49. The van der Waals surface area contributed by atoms with Gasteiger partial charge in [-0.05, 0) is 47.6 Å². The summed E-state index contributed by atoms with van der Waals surface area (Å²) >= 11 is 3.65. The largest absolute Gasteiger partial charge is 0.497 e. The van der Waals surface area contributed by atoms with E-state index in [1.807, 2.05) is 48.5 Å². The van der Waals surface area contributed by atoms with Gasteiger partial charge in [0, 0.05) is 28.9 Å². The number of ether oxygens (including phenoxy) is 1. The number of carboxylic acid groups (broad SMARTS) is 1. The van der Waals surface area contributed by atoms with Gasteiger partial charge in [0.25, 0.3) is 0 Å². The van der Waals surface area contributed by atoms with Crippen molar-refractivity contribution in [1.29, 1.82) is 0 Å². The van der Waals surface area contributed by atoms with Gasteiger partial charge in [0.1, 0.15) is 11.8 Å². The number of carbonyl (C=O) groups excluding carboxylic acids is 1. The van der Waals surface area contributed by atoms with Gasteiger partial charge in [0.2, 0.25) is 5.91 Å². The molecule has 0 radical (unpaired) electrons. The molecule has 0 bridgehead atoms. The van der Waals surface area contributed by atoms with Crippen LogP contribution >= 0.6 is 15.9 Å². The number of hydrogen-bond donors (Lipinski definition) is 2. The first-order chi connectivity index (χ1) is 17.6. The van der Waals surface area contributed by atoms with Gasteiger partial charge in [-0.3, -0.25) is 4.79 Å². The van der Waals surface area contributed by atoms with Crippen LogP contribution in [0.15, 0.2) is 53.0 Å². The molecule has 1 aliphatic carbocycles. The molecule has 1 saturated carbocycles. The zero-order chi connectivity index (χ0) is 26.7. The Morgan fingerprint density at radius 2 is 1.76 bits per heavy atom. The molecule has 0 unspecified atom stereocenters. The lowest BCUT2D eigenvalue weighted by atomic mass is 9.72. The predicted octanol–water partition coefficient (Wildman–Crippen LogP) is 6.20. The smallest absolute Gasteiger partial charge is 0.326 e. The second-order valence-electron chi connectivity index (χ2n) is 11.5. The van der Waals surface area contributed by atoms with Crippen LogP contribution in [0.4, 0.5) is 0 Å². The minimum absolute atomic E-state index is 0.0120. The molecule has 1 saturated heterocycles. The monoisotopic (exact) mass is 570 g/mol. The first-order valence-corrected chi connectivity index (χ1v) is 14.1. The molecule has 1 aliphatic heterocycles. The van der Waals surface area contributed by atoms with E-state index < -0.39 is 12.0 Å². The Kier molecular flexibility index (Phi) is 8.64. The van der Waals surface area contributed by atoms with E-state index in [1.165, 1.54) is 0 Å². The first-order valence-electron chi connectivity index (χ1n) is 13.3. The van der Waals surface area contributed by atoms with Crippen LogP contribution in [-0.4, -0.2) is 41.1 Å². The summed E-state index contributed by atoms with van der Waals surface area (Å²) in [5.41, 5.74) is 1.62. The number of methoxy groups -OCH3 is 1. The molecule has 2 aromatic carbocycles. The number of nitrogens with zero attached hydrogens (tertiary/aromatic N) is 1. The summed E-state index contributed by atoms with van der Waals surface area (Å²) in [7, 11) is 1.64. The van der Waals surface area contributed by atoms with Crippen LogP contribution < -0.4 is 10.1 Å². The van der Waals surface area contributed by atoms with Gasteiger partial charge in [-0.2, -0.15) is 0 Å². The van der Waals surface area contributed by atoms with Gasteiger partial charge < -0.3 is 20.1 Å². The van der Waals surface area contributed by atoms with E-state index in [-0.39, 0.29) is 35.2 Å². The molecule has 0 spiro atoms. The topological polar surface area (TPSA) is 78.9 Å². The van der Waals surface area contributed by atoms with Crippen LogP contribution in [0.5, 0.6) is 5.75 Å². The van der Waals surface area contributed by atoms with E-state index in [0.29, 0.717) is 6.54 Å². The summed E-state index contributed by atoms with van der Waals surface area (Å²) in [6.07, 6.45) is 4.84.